The van der Waals surface area contributed by atoms with Crippen LogP contribution in [0, 0.1) is 11.3 Å². The molecule has 2 rings (SSSR count). The van der Waals surface area contributed by atoms with E-state index in [1.54, 1.807) is 16.7 Å². The summed E-state index contributed by atoms with van der Waals surface area (Å²) in [6, 6.07) is 7.29. The van der Waals surface area contributed by atoms with Gasteiger partial charge >= 0.3 is 5.97 Å². The molecule has 19 heavy (non-hydrogen) atoms. The van der Waals surface area contributed by atoms with Gasteiger partial charge in [0.1, 0.15) is 11.7 Å². The number of nitrogens with zero attached hydrogens (tertiary/aromatic N) is 3. The highest BCUT2D eigenvalue weighted by Gasteiger charge is 2.08. The van der Waals surface area contributed by atoms with Gasteiger partial charge in [0.25, 0.3) is 0 Å². The molecular formula is C13H10ClN3O2. The Bertz CT molecular complexity index is 685. The van der Waals surface area contributed by atoms with Crippen LogP contribution in [0.2, 0.25) is 5.15 Å². The number of hydrogen-bond acceptors (Lipinski definition) is 4. The summed E-state index contributed by atoms with van der Waals surface area (Å²) < 4.78 is 6.54. The maximum atomic E-state index is 11.4. The van der Waals surface area contributed by atoms with Crippen LogP contribution in [0.4, 0.5) is 0 Å². The lowest BCUT2D eigenvalue weighted by Gasteiger charge is -2.01. The first-order valence-corrected chi connectivity index (χ1v) is 5.90. The van der Waals surface area contributed by atoms with E-state index in [1.165, 1.54) is 19.1 Å². The van der Waals surface area contributed by atoms with E-state index in [1.807, 2.05) is 18.2 Å². The third-order valence-electron chi connectivity index (χ3n) is 2.37. The van der Waals surface area contributed by atoms with E-state index >= 15 is 0 Å². The van der Waals surface area contributed by atoms with Crippen LogP contribution in [0.25, 0.3) is 11.7 Å². The van der Waals surface area contributed by atoms with Crippen LogP contribution in [0.3, 0.4) is 0 Å². The summed E-state index contributed by atoms with van der Waals surface area (Å²) in [5, 5.41) is 8.83. The minimum Gasteiger partial charge on any atom is -0.444 e. The maximum Gasteiger partial charge on any atom is 0.332 e. The summed E-state index contributed by atoms with van der Waals surface area (Å²) in [5.41, 5.74) is 1.27. The van der Waals surface area contributed by atoms with Crippen molar-refractivity contribution in [2.75, 3.05) is 0 Å². The molecule has 0 spiro atoms. The van der Waals surface area contributed by atoms with Crippen molar-refractivity contribution in [1.82, 2.24) is 9.38 Å². The molecule has 2 aromatic heterocycles. The lowest BCUT2D eigenvalue weighted by atomic mass is 10.4. The SMILES string of the molecule is C[C@H](C#N)OC(=O)/C=C/c1c(Cl)nc2ccccn12. The summed E-state index contributed by atoms with van der Waals surface area (Å²) in [7, 11) is 0. The Kier molecular flexibility index (Phi) is 3.83. The Morgan fingerprint density at radius 2 is 2.42 bits per heavy atom. The fourth-order valence-corrected chi connectivity index (χ4v) is 1.76. The van der Waals surface area contributed by atoms with Crippen molar-refractivity contribution in [1.29, 1.82) is 5.26 Å². The molecule has 0 N–H and O–H groups in total. The molecule has 0 bridgehead atoms. The molecule has 1 atom stereocenters. The molecule has 2 aromatic rings. The van der Waals surface area contributed by atoms with Gasteiger partial charge in [0.15, 0.2) is 11.3 Å². The molecule has 0 aromatic carbocycles. The van der Waals surface area contributed by atoms with Gasteiger partial charge in [-0.05, 0) is 25.1 Å². The zero-order valence-electron chi connectivity index (χ0n) is 10.1. The quantitative estimate of drug-likeness (QED) is 0.637. The minimum absolute atomic E-state index is 0.295. The van der Waals surface area contributed by atoms with E-state index < -0.39 is 12.1 Å². The highest BCUT2D eigenvalue weighted by Crippen LogP contribution is 2.18. The molecule has 0 saturated carbocycles. The van der Waals surface area contributed by atoms with E-state index in [-0.39, 0.29) is 0 Å². The third-order valence-corrected chi connectivity index (χ3v) is 2.65. The largest absolute Gasteiger partial charge is 0.444 e. The van der Waals surface area contributed by atoms with Crippen LogP contribution >= 0.6 is 11.6 Å². The molecule has 96 valence electrons. The summed E-state index contributed by atoms with van der Waals surface area (Å²) in [4.78, 5) is 15.6. The number of rotatable bonds is 3. The van der Waals surface area contributed by atoms with Crippen molar-refractivity contribution >= 4 is 29.3 Å². The predicted octanol–water partition coefficient (Wildman–Crippen LogP) is 2.46. The average Bonchev–Trinajstić information content (AvgIpc) is 2.71. The second-order valence-electron chi connectivity index (χ2n) is 3.76. The van der Waals surface area contributed by atoms with Crippen molar-refractivity contribution in [3.05, 3.63) is 41.3 Å². The van der Waals surface area contributed by atoms with Crippen molar-refractivity contribution in [2.45, 2.75) is 13.0 Å². The maximum absolute atomic E-state index is 11.4. The van der Waals surface area contributed by atoms with Gasteiger partial charge in [-0.3, -0.25) is 4.40 Å². The number of pyridine rings is 1. The fraction of sp³-hybridized carbons (Fsp3) is 0.154. The number of fused-ring (bicyclic) bond motifs is 1. The Labute approximate surface area is 114 Å². The van der Waals surface area contributed by atoms with Crippen LogP contribution < -0.4 is 0 Å². The number of ether oxygens (including phenoxy) is 1. The van der Waals surface area contributed by atoms with Crippen molar-refractivity contribution in [3.63, 3.8) is 0 Å². The second kappa shape index (κ2) is 5.55. The summed E-state index contributed by atoms with van der Waals surface area (Å²) in [5.74, 6) is -0.601. The highest BCUT2D eigenvalue weighted by molar-refractivity contribution is 6.31. The van der Waals surface area contributed by atoms with E-state index in [0.29, 0.717) is 16.5 Å². The molecule has 0 aliphatic carbocycles. The molecule has 0 radical (unpaired) electrons. The predicted molar refractivity (Wildman–Crippen MR) is 70.4 cm³/mol. The average molecular weight is 276 g/mol. The van der Waals surface area contributed by atoms with E-state index in [9.17, 15) is 4.79 Å². The lowest BCUT2D eigenvalue weighted by Crippen LogP contribution is -2.10. The van der Waals surface area contributed by atoms with E-state index in [4.69, 9.17) is 21.6 Å². The number of carbonyl (C=O) groups is 1. The molecule has 0 saturated heterocycles. The van der Waals surface area contributed by atoms with Crippen molar-refractivity contribution in [3.8, 4) is 6.07 Å². The van der Waals surface area contributed by atoms with Gasteiger partial charge in [-0.15, -0.1) is 0 Å². The Morgan fingerprint density at radius 3 is 3.16 bits per heavy atom. The second-order valence-corrected chi connectivity index (χ2v) is 4.12. The van der Waals surface area contributed by atoms with E-state index in [2.05, 4.69) is 4.98 Å². The standard InChI is InChI=1S/C13H10ClN3O2/c1-9(8-15)19-12(18)6-5-10-13(14)16-11-4-2-3-7-17(10)11/h2-7,9H,1H3/b6-5+/t9-/m1/s1. The number of hydrogen-bond donors (Lipinski definition) is 0. The number of carbonyl (C=O) groups excluding carboxylic acids is 1. The van der Waals surface area contributed by atoms with Crippen LogP contribution in [0.5, 0.6) is 0 Å². The number of halogens is 1. The van der Waals surface area contributed by atoms with Gasteiger partial charge in [-0.2, -0.15) is 5.26 Å². The smallest absolute Gasteiger partial charge is 0.332 e. The first-order chi connectivity index (χ1) is 9.11. The molecule has 2 heterocycles. The molecule has 0 unspecified atom stereocenters. The minimum atomic E-state index is -0.783. The lowest BCUT2D eigenvalue weighted by molar-refractivity contribution is -0.139. The van der Waals surface area contributed by atoms with Crippen molar-refractivity contribution in [2.24, 2.45) is 0 Å². The molecular weight excluding hydrogens is 266 g/mol. The first-order valence-electron chi connectivity index (χ1n) is 5.52. The Morgan fingerprint density at radius 1 is 1.63 bits per heavy atom. The van der Waals surface area contributed by atoms with Gasteiger partial charge in [0, 0.05) is 12.3 Å². The zero-order valence-corrected chi connectivity index (χ0v) is 10.8. The third kappa shape index (κ3) is 2.92. The molecule has 0 aliphatic heterocycles. The summed E-state index contributed by atoms with van der Waals surface area (Å²) >= 11 is 6.00. The first kappa shape index (κ1) is 13.1. The topological polar surface area (TPSA) is 67.4 Å². The number of nitriles is 1. The number of aromatic nitrogens is 2. The van der Waals surface area contributed by atoms with Gasteiger partial charge in [-0.25, -0.2) is 9.78 Å². The molecule has 0 fully saturated rings. The van der Waals surface area contributed by atoms with Crippen molar-refractivity contribution < 1.29 is 9.53 Å². The van der Waals surface area contributed by atoms with Crippen LogP contribution in [0.15, 0.2) is 30.5 Å². The Balaban J connectivity index is 2.24. The molecule has 5 nitrogen and oxygen atoms in total. The van der Waals surface area contributed by atoms with Gasteiger partial charge in [0.2, 0.25) is 0 Å². The summed E-state index contributed by atoms with van der Waals surface area (Å²) in [6.45, 7) is 1.49. The van der Waals surface area contributed by atoms with Gasteiger partial charge in [-0.1, -0.05) is 17.7 Å². The van der Waals surface area contributed by atoms with Gasteiger partial charge in [0.05, 0.1) is 5.69 Å². The molecule has 0 aliphatic rings. The Hall–Kier alpha value is -2.32. The number of esters is 1. The van der Waals surface area contributed by atoms with Gasteiger partial charge < -0.3 is 4.74 Å². The van der Waals surface area contributed by atoms with Crippen LogP contribution in [-0.2, 0) is 9.53 Å². The summed E-state index contributed by atoms with van der Waals surface area (Å²) in [6.07, 6.45) is 3.73. The molecule has 0 amide bonds. The zero-order chi connectivity index (χ0) is 13.8. The fourth-order valence-electron chi connectivity index (χ4n) is 1.52. The molecule has 6 heteroatoms. The highest BCUT2D eigenvalue weighted by atomic mass is 35.5. The van der Waals surface area contributed by atoms with Crippen LogP contribution in [-0.4, -0.2) is 21.5 Å². The monoisotopic (exact) mass is 275 g/mol. The normalized spacial score (nSPS) is 12.5. The number of imidazole rings is 1. The van der Waals surface area contributed by atoms with E-state index in [0.717, 1.165) is 0 Å². The van der Waals surface area contributed by atoms with Crippen LogP contribution in [0.1, 0.15) is 12.6 Å².